The molecule has 0 fully saturated rings. The summed E-state index contributed by atoms with van der Waals surface area (Å²) in [7, 11) is 0. The van der Waals surface area contributed by atoms with Gasteiger partial charge in [-0.3, -0.25) is 0 Å². The molecule has 0 unspecified atom stereocenters. The Balaban J connectivity index is 2.08. The number of aromatic nitrogens is 2. The van der Waals surface area contributed by atoms with E-state index in [0.717, 1.165) is 5.69 Å². The van der Waals surface area contributed by atoms with Crippen LogP contribution < -0.4 is 5.32 Å². The van der Waals surface area contributed by atoms with E-state index in [2.05, 4.69) is 27.4 Å². The van der Waals surface area contributed by atoms with Gasteiger partial charge >= 0.3 is 0 Å². The predicted molar refractivity (Wildman–Crippen MR) is 65.5 cm³/mol. The highest BCUT2D eigenvalue weighted by Crippen LogP contribution is 2.21. The molecule has 0 amide bonds. The Kier molecular flexibility index (Phi) is 3.37. The third kappa shape index (κ3) is 2.49. The van der Waals surface area contributed by atoms with Crippen molar-refractivity contribution in [3.63, 3.8) is 0 Å². The van der Waals surface area contributed by atoms with E-state index in [1.165, 1.54) is 11.9 Å². The van der Waals surface area contributed by atoms with Crippen molar-refractivity contribution in [2.45, 2.75) is 13.5 Å². The first kappa shape index (κ1) is 10.9. The Bertz CT molecular complexity index is 471. The monoisotopic (exact) mass is 233 g/mol. The van der Waals surface area contributed by atoms with Gasteiger partial charge in [0.15, 0.2) is 0 Å². The van der Waals surface area contributed by atoms with Crippen LogP contribution in [0, 0.1) is 6.92 Å². The highest BCUT2D eigenvalue weighted by molar-refractivity contribution is 6.33. The zero-order valence-electron chi connectivity index (χ0n) is 8.94. The van der Waals surface area contributed by atoms with Gasteiger partial charge in [0, 0.05) is 6.54 Å². The molecule has 0 saturated carbocycles. The van der Waals surface area contributed by atoms with E-state index in [4.69, 9.17) is 11.6 Å². The van der Waals surface area contributed by atoms with E-state index in [9.17, 15) is 0 Å². The van der Waals surface area contributed by atoms with Crippen molar-refractivity contribution in [1.29, 1.82) is 0 Å². The van der Waals surface area contributed by atoms with Crippen LogP contribution in [-0.2, 0) is 6.54 Å². The minimum Gasteiger partial charge on any atom is -0.365 e. The number of hydrogen-bond acceptors (Lipinski definition) is 3. The summed E-state index contributed by atoms with van der Waals surface area (Å²) < 4.78 is 0. The van der Waals surface area contributed by atoms with E-state index in [1.54, 1.807) is 0 Å². The summed E-state index contributed by atoms with van der Waals surface area (Å²) in [5.74, 6) is 0.679. The van der Waals surface area contributed by atoms with Crippen molar-refractivity contribution in [1.82, 2.24) is 9.97 Å². The van der Waals surface area contributed by atoms with Crippen LogP contribution in [0.25, 0.3) is 0 Å². The summed E-state index contributed by atoms with van der Waals surface area (Å²) >= 11 is 6.07. The number of benzene rings is 1. The minimum atomic E-state index is 0.582. The Morgan fingerprint density at radius 3 is 2.69 bits per heavy atom. The molecule has 1 N–H and O–H groups in total. The lowest BCUT2D eigenvalue weighted by Crippen LogP contribution is -2.03. The molecule has 0 aliphatic heterocycles. The summed E-state index contributed by atoms with van der Waals surface area (Å²) in [5, 5.41) is 3.77. The van der Waals surface area contributed by atoms with Gasteiger partial charge in [-0.15, -0.1) is 0 Å². The summed E-state index contributed by atoms with van der Waals surface area (Å²) in [4.78, 5) is 8.11. The summed E-state index contributed by atoms with van der Waals surface area (Å²) in [5.41, 5.74) is 1.97. The van der Waals surface area contributed by atoms with Gasteiger partial charge in [-0.2, -0.15) is 0 Å². The normalized spacial score (nSPS) is 10.1. The number of nitrogens with one attached hydrogen (secondary N) is 1. The van der Waals surface area contributed by atoms with Gasteiger partial charge in [0.25, 0.3) is 0 Å². The molecule has 2 rings (SSSR count). The Morgan fingerprint density at radius 1 is 1.19 bits per heavy atom. The van der Waals surface area contributed by atoms with Crippen molar-refractivity contribution in [3.05, 3.63) is 52.9 Å². The highest BCUT2D eigenvalue weighted by atomic mass is 35.5. The average Bonchev–Trinajstić information content (AvgIpc) is 2.32. The fourth-order valence-electron chi connectivity index (χ4n) is 1.36. The maximum absolute atomic E-state index is 6.07. The number of halogens is 1. The van der Waals surface area contributed by atoms with Crippen LogP contribution in [0.3, 0.4) is 0 Å². The molecule has 0 aliphatic rings. The molecule has 0 radical (unpaired) electrons. The topological polar surface area (TPSA) is 37.8 Å². The lowest BCUT2D eigenvalue weighted by Gasteiger charge is -2.07. The Labute approximate surface area is 99.5 Å². The molecule has 0 bridgehead atoms. The molecular weight excluding hydrogens is 222 g/mol. The number of hydrogen-bond donors (Lipinski definition) is 1. The highest BCUT2D eigenvalue weighted by Gasteiger charge is 2.04. The fourth-order valence-corrected chi connectivity index (χ4v) is 1.53. The van der Waals surface area contributed by atoms with Crippen molar-refractivity contribution in [2.24, 2.45) is 0 Å². The second kappa shape index (κ2) is 4.94. The van der Waals surface area contributed by atoms with Crippen LogP contribution in [0.15, 0.2) is 36.7 Å². The van der Waals surface area contributed by atoms with Crippen LogP contribution in [0.5, 0.6) is 0 Å². The molecule has 82 valence electrons. The summed E-state index contributed by atoms with van der Waals surface area (Å²) in [6.07, 6.45) is 1.51. The lowest BCUT2D eigenvalue weighted by atomic mass is 10.2. The van der Waals surface area contributed by atoms with Gasteiger partial charge in [-0.05, 0) is 12.5 Å². The molecule has 2 aromatic rings. The first-order chi connectivity index (χ1) is 7.77. The van der Waals surface area contributed by atoms with Crippen LogP contribution in [-0.4, -0.2) is 9.97 Å². The Hall–Kier alpha value is -1.61. The van der Waals surface area contributed by atoms with E-state index in [1.807, 2.05) is 25.1 Å². The number of anilines is 1. The van der Waals surface area contributed by atoms with E-state index >= 15 is 0 Å². The number of aryl methyl sites for hydroxylation is 1. The maximum Gasteiger partial charge on any atom is 0.148 e. The van der Waals surface area contributed by atoms with Crippen LogP contribution >= 0.6 is 11.6 Å². The molecule has 16 heavy (non-hydrogen) atoms. The molecule has 0 atom stereocenters. The van der Waals surface area contributed by atoms with Crippen LogP contribution in [0.1, 0.15) is 11.3 Å². The summed E-state index contributed by atoms with van der Waals surface area (Å²) in [6.45, 7) is 2.56. The predicted octanol–water partition coefficient (Wildman–Crippen LogP) is 3.05. The van der Waals surface area contributed by atoms with Gasteiger partial charge in [0.1, 0.15) is 17.2 Å². The molecule has 0 aliphatic carbocycles. The zero-order chi connectivity index (χ0) is 11.4. The van der Waals surface area contributed by atoms with Gasteiger partial charge in [-0.1, -0.05) is 41.9 Å². The van der Waals surface area contributed by atoms with Gasteiger partial charge in [0.2, 0.25) is 0 Å². The molecule has 4 heteroatoms. The summed E-state index contributed by atoms with van der Waals surface area (Å²) in [6, 6.07) is 10.1. The van der Waals surface area contributed by atoms with Crippen molar-refractivity contribution in [2.75, 3.05) is 5.32 Å². The third-order valence-corrected chi connectivity index (χ3v) is 2.72. The molecule has 0 saturated heterocycles. The van der Waals surface area contributed by atoms with Gasteiger partial charge in [-0.25, -0.2) is 9.97 Å². The smallest absolute Gasteiger partial charge is 0.148 e. The maximum atomic E-state index is 6.07. The van der Waals surface area contributed by atoms with E-state index in [-0.39, 0.29) is 0 Å². The second-order valence-corrected chi connectivity index (χ2v) is 3.84. The second-order valence-electron chi connectivity index (χ2n) is 3.46. The van der Waals surface area contributed by atoms with Crippen molar-refractivity contribution < 1.29 is 0 Å². The average molecular weight is 234 g/mol. The van der Waals surface area contributed by atoms with E-state index in [0.29, 0.717) is 17.4 Å². The van der Waals surface area contributed by atoms with Crippen LogP contribution in [0.2, 0.25) is 5.02 Å². The van der Waals surface area contributed by atoms with Gasteiger partial charge in [0.05, 0.1) is 5.69 Å². The SMILES string of the molecule is Cc1ncnc(NCc2ccccc2)c1Cl. The lowest BCUT2D eigenvalue weighted by molar-refractivity contribution is 1.05. The first-order valence-electron chi connectivity index (χ1n) is 5.02. The molecule has 1 heterocycles. The number of nitrogens with zero attached hydrogens (tertiary/aromatic N) is 2. The van der Waals surface area contributed by atoms with E-state index < -0.39 is 0 Å². The molecule has 1 aromatic carbocycles. The standard InChI is InChI=1S/C12H12ClN3/c1-9-11(13)12(16-8-15-9)14-7-10-5-3-2-4-6-10/h2-6,8H,7H2,1H3,(H,14,15,16). The number of rotatable bonds is 3. The first-order valence-corrected chi connectivity index (χ1v) is 5.40. The fraction of sp³-hybridized carbons (Fsp3) is 0.167. The largest absolute Gasteiger partial charge is 0.365 e. The molecular formula is C12H12ClN3. The molecule has 0 spiro atoms. The van der Waals surface area contributed by atoms with Gasteiger partial charge < -0.3 is 5.32 Å². The zero-order valence-corrected chi connectivity index (χ0v) is 9.70. The van der Waals surface area contributed by atoms with Crippen molar-refractivity contribution >= 4 is 17.4 Å². The Morgan fingerprint density at radius 2 is 1.94 bits per heavy atom. The quantitative estimate of drug-likeness (QED) is 0.886. The van der Waals surface area contributed by atoms with Crippen LogP contribution in [0.4, 0.5) is 5.82 Å². The third-order valence-electron chi connectivity index (χ3n) is 2.27. The molecule has 3 nitrogen and oxygen atoms in total. The van der Waals surface area contributed by atoms with Crippen molar-refractivity contribution in [3.8, 4) is 0 Å². The minimum absolute atomic E-state index is 0.582. The molecule has 1 aromatic heterocycles.